The van der Waals surface area contributed by atoms with Crippen molar-refractivity contribution in [2.45, 2.75) is 57.0 Å². The number of carbonyl (C=O) groups excluding carboxylic acids is 5. The fourth-order valence-corrected chi connectivity index (χ4v) is 7.69. The van der Waals surface area contributed by atoms with E-state index >= 15 is 0 Å². The molecule has 5 amide bonds. The number of methoxy groups -OCH3 is 1. The van der Waals surface area contributed by atoms with Gasteiger partial charge >= 0.3 is 6.18 Å². The molecular weight excluding hydrogens is 761 g/mol. The fourth-order valence-electron chi connectivity index (χ4n) is 7.69. The first-order valence-corrected chi connectivity index (χ1v) is 18.6. The summed E-state index contributed by atoms with van der Waals surface area (Å²) >= 11 is 0. The van der Waals surface area contributed by atoms with Gasteiger partial charge in [-0.2, -0.15) is 18.2 Å². The number of nitrogens with zero attached hydrogens (tertiary/aromatic N) is 5. The maximum absolute atomic E-state index is 14.0. The molecule has 1 unspecified atom stereocenters. The molecule has 15 nitrogen and oxygen atoms in total. The molecule has 3 N–H and O–H groups in total. The Hall–Kier alpha value is -6.56. The number of nitrogens with one attached hydrogen (secondary N) is 3. The van der Waals surface area contributed by atoms with E-state index in [1.807, 2.05) is 6.07 Å². The summed E-state index contributed by atoms with van der Waals surface area (Å²) < 4.78 is 53.3. The first kappa shape index (κ1) is 38.3. The number of halogens is 3. The number of anilines is 3. The molecule has 2 saturated heterocycles. The number of ether oxygens (including phenoxy) is 2. The molecule has 4 aliphatic heterocycles. The standard InChI is InChI=1S/C40H37F3N8O7/c1-49-20-22-4-3-5-30(33(22)38(49)56)58-35-27(40(41,42)43)19-45-39(48-35)46-28-9-6-21(16-31(28)57-2)18-44-23-12-14-50(15-13-23)24-7-8-25-26(17-24)37(55)51(36(25)54)29-10-11-32(52)47-34(29)53/h3-9,16-17,19,23,29,44H,10-15,18,20H2,1-2H3,(H,45,46,48)(H,47,52,53). The molecule has 58 heavy (non-hydrogen) atoms. The number of alkyl halides is 3. The average Bonchev–Trinajstić information content (AvgIpc) is 3.63. The summed E-state index contributed by atoms with van der Waals surface area (Å²) in [4.78, 5) is 75.6. The second-order valence-electron chi connectivity index (χ2n) is 14.4. The number of piperidine rings is 2. The lowest BCUT2D eigenvalue weighted by molar-refractivity contribution is -0.139. The highest BCUT2D eigenvalue weighted by Gasteiger charge is 2.45. The summed E-state index contributed by atoms with van der Waals surface area (Å²) in [6.45, 7) is 2.17. The third-order valence-electron chi connectivity index (χ3n) is 10.7. The molecule has 5 heterocycles. The SMILES string of the molecule is COc1cc(CNC2CCN(c3ccc4c(c3)C(=O)N(C3CCC(=O)NC3=O)C4=O)CC2)ccc1Nc1ncc(C(F)(F)F)c(Oc2cccc3c2C(=O)N(C)C3)n1. The van der Waals surface area contributed by atoms with E-state index in [0.717, 1.165) is 29.0 Å². The summed E-state index contributed by atoms with van der Waals surface area (Å²) in [5.41, 5.74) is 2.15. The number of hydrogen-bond acceptors (Lipinski definition) is 12. The van der Waals surface area contributed by atoms with Gasteiger partial charge in [0.2, 0.25) is 23.6 Å². The minimum absolute atomic E-state index is 0.0420. The van der Waals surface area contributed by atoms with E-state index in [2.05, 4.69) is 30.8 Å². The largest absolute Gasteiger partial charge is 0.495 e. The Bertz CT molecular complexity index is 2370. The molecule has 0 radical (unpaired) electrons. The predicted molar refractivity (Wildman–Crippen MR) is 201 cm³/mol. The van der Waals surface area contributed by atoms with Crippen LogP contribution in [0.1, 0.15) is 73.4 Å². The van der Waals surface area contributed by atoms with E-state index in [1.165, 1.54) is 18.1 Å². The van der Waals surface area contributed by atoms with Gasteiger partial charge in [0.25, 0.3) is 17.7 Å². The number of fused-ring (bicyclic) bond motifs is 2. The highest BCUT2D eigenvalue weighted by molar-refractivity contribution is 6.23. The van der Waals surface area contributed by atoms with E-state index in [0.29, 0.717) is 49.4 Å². The van der Waals surface area contributed by atoms with E-state index in [1.54, 1.807) is 49.5 Å². The molecule has 0 saturated carbocycles. The lowest BCUT2D eigenvalue weighted by atomic mass is 10.0. The second-order valence-corrected chi connectivity index (χ2v) is 14.4. The average molecular weight is 799 g/mol. The maximum atomic E-state index is 14.0. The number of amides is 5. The van der Waals surface area contributed by atoms with Crippen LogP contribution in [0.4, 0.5) is 30.5 Å². The third-order valence-corrected chi connectivity index (χ3v) is 10.7. The van der Waals surface area contributed by atoms with Gasteiger partial charge in [-0.1, -0.05) is 18.2 Å². The van der Waals surface area contributed by atoms with Crippen LogP contribution < -0.4 is 30.3 Å². The highest BCUT2D eigenvalue weighted by atomic mass is 19.4. The number of carbonyl (C=O) groups is 5. The van der Waals surface area contributed by atoms with Crippen LogP contribution in [-0.4, -0.2) is 88.6 Å². The van der Waals surface area contributed by atoms with E-state index < -0.39 is 47.3 Å². The van der Waals surface area contributed by atoms with Crippen LogP contribution in [0.5, 0.6) is 17.4 Å². The van der Waals surface area contributed by atoms with Crippen LogP contribution in [0, 0.1) is 0 Å². The molecule has 4 aliphatic rings. The van der Waals surface area contributed by atoms with Gasteiger partial charge in [0.1, 0.15) is 23.1 Å². The molecule has 1 aromatic heterocycles. The fraction of sp³-hybridized carbons (Fsp3) is 0.325. The molecule has 2 fully saturated rings. The minimum atomic E-state index is -4.83. The predicted octanol–water partition coefficient (Wildman–Crippen LogP) is 4.79. The van der Waals surface area contributed by atoms with Crippen molar-refractivity contribution >= 4 is 46.9 Å². The van der Waals surface area contributed by atoms with Crippen LogP contribution in [0.3, 0.4) is 0 Å². The van der Waals surface area contributed by atoms with Gasteiger partial charge in [-0.15, -0.1) is 0 Å². The second kappa shape index (κ2) is 15.1. The van der Waals surface area contributed by atoms with Gasteiger partial charge in [-0.25, -0.2) is 4.98 Å². The molecule has 0 spiro atoms. The van der Waals surface area contributed by atoms with Gasteiger partial charge in [-0.05, 0) is 66.8 Å². The van der Waals surface area contributed by atoms with E-state index in [9.17, 15) is 37.1 Å². The molecule has 0 aliphatic carbocycles. The highest BCUT2D eigenvalue weighted by Crippen LogP contribution is 2.40. The maximum Gasteiger partial charge on any atom is 0.423 e. The van der Waals surface area contributed by atoms with Gasteiger partial charge < -0.3 is 29.9 Å². The van der Waals surface area contributed by atoms with Crippen LogP contribution in [0.25, 0.3) is 0 Å². The zero-order chi connectivity index (χ0) is 40.9. The zero-order valence-electron chi connectivity index (χ0n) is 31.3. The topological polar surface area (TPSA) is 175 Å². The number of benzene rings is 3. The number of aromatic nitrogens is 2. The Labute approximate surface area is 329 Å². The summed E-state index contributed by atoms with van der Waals surface area (Å²) in [7, 11) is 3.06. The van der Waals surface area contributed by atoms with Crippen molar-refractivity contribution < 1.29 is 46.6 Å². The number of hydrogen-bond donors (Lipinski definition) is 3. The molecular formula is C40H37F3N8O7. The lowest BCUT2D eigenvalue weighted by Gasteiger charge is -2.34. The minimum Gasteiger partial charge on any atom is -0.495 e. The van der Waals surface area contributed by atoms with E-state index in [-0.39, 0.29) is 53.2 Å². The zero-order valence-corrected chi connectivity index (χ0v) is 31.3. The van der Waals surface area contributed by atoms with Gasteiger partial charge in [0, 0.05) is 57.6 Å². The van der Waals surface area contributed by atoms with Gasteiger partial charge in [0.05, 0.1) is 29.5 Å². The molecule has 0 bridgehead atoms. The van der Waals surface area contributed by atoms with Crippen molar-refractivity contribution in [1.29, 1.82) is 0 Å². The molecule has 18 heteroatoms. The third kappa shape index (κ3) is 7.26. The van der Waals surface area contributed by atoms with Crippen LogP contribution in [0.2, 0.25) is 0 Å². The van der Waals surface area contributed by atoms with Crippen molar-refractivity contribution in [1.82, 2.24) is 30.4 Å². The van der Waals surface area contributed by atoms with Gasteiger partial charge in [0.15, 0.2) is 0 Å². The molecule has 3 aromatic carbocycles. The van der Waals surface area contributed by atoms with Crippen LogP contribution >= 0.6 is 0 Å². The van der Waals surface area contributed by atoms with Crippen LogP contribution in [-0.2, 0) is 28.9 Å². The molecule has 4 aromatic rings. The first-order valence-electron chi connectivity index (χ1n) is 18.6. The summed E-state index contributed by atoms with van der Waals surface area (Å²) in [6, 6.07) is 14.3. The van der Waals surface area contributed by atoms with Crippen molar-refractivity contribution in [2.75, 3.05) is 37.5 Å². The normalized spacial score (nSPS) is 18.4. The smallest absolute Gasteiger partial charge is 0.423 e. The van der Waals surface area contributed by atoms with Crippen molar-refractivity contribution in [2.24, 2.45) is 0 Å². The summed E-state index contributed by atoms with van der Waals surface area (Å²) in [5.74, 6) is -3.13. The molecule has 8 rings (SSSR count). The monoisotopic (exact) mass is 798 g/mol. The molecule has 300 valence electrons. The Morgan fingerprint density at radius 3 is 2.43 bits per heavy atom. The quantitative estimate of drug-likeness (QED) is 0.188. The Kier molecular flexibility index (Phi) is 9.96. The Morgan fingerprint density at radius 1 is 0.914 bits per heavy atom. The van der Waals surface area contributed by atoms with Crippen LogP contribution in [0.15, 0.2) is 60.8 Å². The summed E-state index contributed by atoms with van der Waals surface area (Å²) in [5, 5.41) is 8.70. The Balaban J connectivity index is 0.892. The lowest BCUT2D eigenvalue weighted by Crippen LogP contribution is -2.54. The van der Waals surface area contributed by atoms with Crippen molar-refractivity contribution in [3.05, 3.63) is 94.2 Å². The van der Waals surface area contributed by atoms with Crippen molar-refractivity contribution in [3.8, 4) is 17.4 Å². The summed E-state index contributed by atoms with van der Waals surface area (Å²) in [6.07, 6.45) is -2.49. The van der Waals surface area contributed by atoms with Crippen molar-refractivity contribution in [3.63, 3.8) is 0 Å². The number of rotatable bonds is 10. The molecule has 1 atom stereocenters. The first-order chi connectivity index (χ1) is 27.8. The van der Waals surface area contributed by atoms with E-state index in [4.69, 9.17) is 9.47 Å². The Morgan fingerprint density at radius 2 is 1.69 bits per heavy atom. The van der Waals surface area contributed by atoms with Gasteiger partial charge in [-0.3, -0.25) is 34.2 Å². The number of imide groups is 2.